The average Bonchev–Trinajstić information content (AvgIpc) is 3.18. The Hall–Kier alpha value is -2.19. The fourth-order valence-corrected chi connectivity index (χ4v) is 4.11. The first-order chi connectivity index (χ1) is 13.1. The quantitative estimate of drug-likeness (QED) is 0.850. The largest absolute Gasteiger partial charge is 0.356 e. The fourth-order valence-electron chi connectivity index (χ4n) is 4.11. The van der Waals surface area contributed by atoms with Crippen LogP contribution in [-0.4, -0.2) is 102 Å². The molecule has 0 spiro atoms. The summed E-state index contributed by atoms with van der Waals surface area (Å²) in [7, 11) is 4.24. The van der Waals surface area contributed by atoms with Crippen LogP contribution in [0.25, 0.3) is 11.0 Å². The third kappa shape index (κ3) is 3.91. The maximum absolute atomic E-state index is 12.7. The molecular formula is C19H29N7O. The summed E-state index contributed by atoms with van der Waals surface area (Å²) >= 11 is 0. The predicted molar refractivity (Wildman–Crippen MR) is 106 cm³/mol. The monoisotopic (exact) mass is 371 g/mol. The maximum atomic E-state index is 12.7. The third-order valence-electron chi connectivity index (χ3n) is 5.99. The molecule has 8 nitrogen and oxygen atoms in total. The lowest BCUT2D eigenvalue weighted by Crippen LogP contribution is -2.51. The SMILES string of the molecule is CN1CCN(CC(=O)N2CCC(N(C)c3ncnc4[nH]ccc34)CC2)CC1. The number of nitrogens with one attached hydrogen (secondary N) is 1. The van der Waals surface area contributed by atoms with E-state index < -0.39 is 0 Å². The summed E-state index contributed by atoms with van der Waals surface area (Å²) in [6.07, 6.45) is 5.46. The number of H-pyrrole nitrogens is 1. The molecule has 1 N–H and O–H groups in total. The molecular weight excluding hydrogens is 342 g/mol. The molecule has 4 heterocycles. The Morgan fingerprint density at radius 1 is 1.19 bits per heavy atom. The van der Waals surface area contributed by atoms with Crippen molar-refractivity contribution in [1.82, 2.24) is 29.7 Å². The van der Waals surface area contributed by atoms with Crippen molar-refractivity contribution in [3.8, 4) is 0 Å². The number of piperidine rings is 1. The van der Waals surface area contributed by atoms with Gasteiger partial charge in [-0.2, -0.15) is 0 Å². The Kier molecular flexibility index (Phi) is 5.27. The van der Waals surface area contributed by atoms with Gasteiger partial charge in [0.2, 0.25) is 5.91 Å². The lowest BCUT2D eigenvalue weighted by Gasteiger charge is -2.39. The van der Waals surface area contributed by atoms with Crippen LogP contribution in [0.3, 0.4) is 0 Å². The van der Waals surface area contributed by atoms with Crippen LogP contribution in [0.2, 0.25) is 0 Å². The number of likely N-dealkylation sites (tertiary alicyclic amines) is 1. The number of hydrogen-bond donors (Lipinski definition) is 1. The minimum Gasteiger partial charge on any atom is -0.356 e. The van der Waals surface area contributed by atoms with Crippen LogP contribution in [0.15, 0.2) is 18.6 Å². The van der Waals surface area contributed by atoms with Gasteiger partial charge in [-0.25, -0.2) is 9.97 Å². The average molecular weight is 371 g/mol. The van der Waals surface area contributed by atoms with Crippen molar-refractivity contribution in [2.24, 2.45) is 0 Å². The van der Waals surface area contributed by atoms with Gasteiger partial charge in [-0.05, 0) is 26.0 Å². The molecule has 0 aliphatic carbocycles. The maximum Gasteiger partial charge on any atom is 0.236 e. The predicted octanol–water partition coefficient (Wildman–Crippen LogP) is 0.633. The van der Waals surface area contributed by atoms with E-state index in [-0.39, 0.29) is 5.91 Å². The molecule has 2 aliphatic heterocycles. The van der Waals surface area contributed by atoms with Crippen LogP contribution in [0.5, 0.6) is 0 Å². The molecule has 0 saturated carbocycles. The first kappa shape index (κ1) is 18.2. The van der Waals surface area contributed by atoms with Gasteiger partial charge in [-0.1, -0.05) is 0 Å². The molecule has 2 aromatic rings. The molecule has 27 heavy (non-hydrogen) atoms. The molecule has 0 radical (unpaired) electrons. The zero-order chi connectivity index (χ0) is 18.8. The number of aromatic nitrogens is 3. The number of hydrogen-bond acceptors (Lipinski definition) is 6. The van der Waals surface area contributed by atoms with Crippen molar-refractivity contribution in [2.75, 3.05) is 64.8 Å². The van der Waals surface area contributed by atoms with Gasteiger partial charge in [0.25, 0.3) is 0 Å². The van der Waals surface area contributed by atoms with Crippen LogP contribution in [0, 0.1) is 0 Å². The molecule has 0 unspecified atom stereocenters. The van der Waals surface area contributed by atoms with Crippen LogP contribution in [0.1, 0.15) is 12.8 Å². The first-order valence-electron chi connectivity index (χ1n) is 9.81. The summed E-state index contributed by atoms with van der Waals surface area (Å²) in [4.78, 5) is 33.5. The molecule has 2 saturated heterocycles. The molecule has 0 bridgehead atoms. The summed E-state index contributed by atoms with van der Waals surface area (Å²) in [5.74, 6) is 1.24. The number of amides is 1. The van der Waals surface area contributed by atoms with Gasteiger partial charge >= 0.3 is 0 Å². The van der Waals surface area contributed by atoms with Crippen LogP contribution in [-0.2, 0) is 4.79 Å². The van der Waals surface area contributed by atoms with E-state index in [4.69, 9.17) is 0 Å². The van der Waals surface area contributed by atoms with Gasteiger partial charge in [-0.15, -0.1) is 0 Å². The Labute approximate surface area is 160 Å². The highest BCUT2D eigenvalue weighted by Gasteiger charge is 2.28. The van der Waals surface area contributed by atoms with Gasteiger partial charge in [0.05, 0.1) is 11.9 Å². The number of nitrogens with zero attached hydrogens (tertiary/aromatic N) is 6. The smallest absolute Gasteiger partial charge is 0.236 e. The highest BCUT2D eigenvalue weighted by molar-refractivity contribution is 5.87. The molecule has 2 aliphatic rings. The molecule has 2 aromatic heterocycles. The molecule has 146 valence electrons. The Morgan fingerprint density at radius 2 is 1.93 bits per heavy atom. The second-order valence-corrected chi connectivity index (χ2v) is 7.74. The molecule has 8 heteroatoms. The zero-order valence-electron chi connectivity index (χ0n) is 16.3. The molecule has 0 atom stereocenters. The second kappa shape index (κ2) is 7.82. The van der Waals surface area contributed by atoms with E-state index >= 15 is 0 Å². The molecule has 0 aromatic carbocycles. The van der Waals surface area contributed by atoms with Gasteiger partial charge in [0, 0.05) is 58.6 Å². The van der Waals surface area contributed by atoms with E-state index in [1.165, 1.54) is 0 Å². The van der Waals surface area contributed by atoms with Crippen molar-refractivity contribution < 1.29 is 4.79 Å². The van der Waals surface area contributed by atoms with Crippen molar-refractivity contribution in [1.29, 1.82) is 0 Å². The zero-order valence-corrected chi connectivity index (χ0v) is 16.3. The van der Waals surface area contributed by atoms with Gasteiger partial charge < -0.3 is 19.7 Å². The number of anilines is 1. The number of rotatable bonds is 4. The summed E-state index contributed by atoms with van der Waals surface area (Å²) in [5, 5.41) is 1.05. The van der Waals surface area contributed by atoms with E-state index in [1.54, 1.807) is 6.33 Å². The first-order valence-corrected chi connectivity index (χ1v) is 9.81. The lowest BCUT2D eigenvalue weighted by atomic mass is 10.0. The lowest BCUT2D eigenvalue weighted by molar-refractivity contribution is -0.133. The van der Waals surface area contributed by atoms with E-state index in [0.29, 0.717) is 12.6 Å². The number of piperazine rings is 1. The second-order valence-electron chi connectivity index (χ2n) is 7.74. The Morgan fingerprint density at radius 3 is 2.67 bits per heavy atom. The summed E-state index contributed by atoms with van der Waals surface area (Å²) in [5.41, 5.74) is 0.867. The minimum absolute atomic E-state index is 0.274. The number of carbonyl (C=O) groups excluding carboxylic acids is 1. The van der Waals surface area contributed by atoms with Crippen LogP contribution in [0.4, 0.5) is 5.82 Å². The molecule has 4 rings (SSSR count). The normalized spacial score (nSPS) is 20.3. The van der Waals surface area contributed by atoms with Gasteiger partial charge in [0.15, 0.2) is 0 Å². The van der Waals surface area contributed by atoms with Gasteiger partial charge in [-0.3, -0.25) is 9.69 Å². The topological polar surface area (TPSA) is 71.6 Å². The van der Waals surface area contributed by atoms with E-state index in [0.717, 1.165) is 69.0 Å². The Bertz CT molecular complexity index is 775. The van der Waals surface area contributed by atoms with Gasteiger partial charge in [0.1, 0.15) is 17.8 Å². The van der Waals surface area contributed by atoms with Crippen molar-refractivity contribution >= 4 is 22.8 Å². The van der Waals surface area contributed by atoms with Crippen molar-refractivity contribution in [3.05, 3.63) is 18.6 Å². The van der Waals surface area contributed by atoms with Crippen molar-refractivity contribution in [3.63, 3.8) is 0 Å². The van der Waals surface area contributed by atoms with E-state index in [1.807, 2.05) is 17.2 Å². The van der Waals surface area contributed by atoms with Crippen molar-refractivity contribution in [2.45, 2.75) is 18.9 Å². The van der Waals surface area contributed by atoms with E-state index in [9.17, 15) is 4.79 Å². The van der Waals surface area contributed by atoms with E-state index in [2.05, 4.69) is 43.7 Å². The molecule has 2 fully saturated rings. The van der Waals surface area contributed by atoms with Crippen LogP contribution < -0.4 is 4.90 Å². The third-order valence-corrected chi connectivity index (χ3v) is 5.99. The standard InChI is InChI=1S/C19H29N7O/c1-23-9-11-25(12-10-23)13-17(27)26-7-4-15(5-8-26)24(2)19-16-3-6-20-18(16)21-14-22-19/h3,6,14-15H,4-5,7-13H2,1-2H3,(H,20,21,22). The highest BCUT2D eigenvalue weighted by atomic mass is 16.2. The number of aromatic amines is 1. The highest BCUT2D eigenvalue weighted by Crippen LogP contribution is 2.26. The summed E-state index contributed by atoms with van der Waals surface area (Å²) < 4.78 is 0. The Balaban J connectivity index is 1.32. The molecule has 1 amide bonds. The number of fused-ring (bicyclic) bond motifs is 1. The minimum atomic E-state index is 0.274. The number of carbonyl (C=O) groups is 1. The summed E-state index contributed by atoms with van der Waals surface area (Å²) in [6.45, 7) is 6.28. The summed E-state index contributed by atoms with van der Waals surface area (Å²) in [6, 6.07) is 2.42. The fraction of sp³-hybridized carbons (Fsp3) is 0.632. The van der Waals surface area contributed by atoms with Crippen LogP contribution >= 0.6 is 0 Å². The number of likely N-dealkylation sites (N-methyl/N-ethyl adjacent to an activating group) is 1.